The van der Waals surface area contributed by atoms with E-state index in [1.54, 1.807) is 0 Å². The SMILES string of the molecule is Cc1[nH]nc(-c2ccc3c(c2)OCO3)c1N. The molecule has 0 atom stereocenters. The Balaban J connectivity index is 2.10. The zero-order chi connectivity index (χ0) is 11.1. The van der Waals surface area contributed by atoms with Crippen LogP contribution >= 0.6 is 0 Å². The van der Waals surface area contributed by atoms with Crippen LogP contribution in [0.25, 0.3) is 11.3 Å². The van der Waals surface area contributed by atoms with Crippen LogP contribution in [0, 0.1) is 6.92 Å². The van der Waals surface area contributed by atoms with Crippen molar-refractivity contribution >= 4 is 5.69 Å². The van der Waals surface area contributed by atoms with Gasteiger partial charge in [-0.1, -0.05) is 0 Å². The molecule has 0 spiro atoms. The molecule has 1 aromatic carbocycles. The average Bonchev–Trinajstić information content (AvgIpc) is 2.86. The van der Waals surface area contributed by atoms with Gasteiger partial charge in [0.2, 0.25) is 6.79 Å². The van der Waals surface area contributed by atoms with Crippen LogP contribution in [0.1, 0.15) is 5.69 Å². The van der Waals surface area contributed by atoms with E-state index in [2.05, 4.69) is 10.2 Å². The van der Waals surface area contributed by atoms with Crippen molar-refractivity contribution in [3.05, 3.63) is 23.9 Å². The molecule has 0 radical (unpaired) electrons. The first-order valence-corrected chi connectivity index (χ1v) is 4.96. The van der Waals surface area contributed by atoms with Crippen LogP contribution in [-0.4, -0.2) is 17.0 Å². The summed E-state index contributed by atoms with van der Waals surface area (Å²) in [5, 5.41) is 7.02. The van der Waals surface area contributed by atoms with Crippen LogP contribution in [0.5, 0.6) is 11.5 Å². The van der Waals surface area contributed by atoms with Gasteiger partial charge in [-0.2, -0.15) is 5.10 Å². The summed E-state index contributed by atoms with van der Waals surface area (Å²) in [7, 11) is 0. The minimum absolute atomic E-state index is 0.272. The number of anilines is 1. The van der Waals surface area contributed by atoms with E-state index in [1.807, 2.05) is 25.1 Å². The molecular weight excluding hydrogens is 206 g/mol. The predicted molar refractivity (Wildman–Crippen MR) is 59.3 cm³/mol. The molecule has 16 heavy (non-hydrogen) atoms. The lowest BCUT2D eigenvalue weighted by molar-refractivity contribution is 0.174. The van der Waals surface area contributed by atoms with E-state index in [0.717, 1.165) is 28.5 Å². The summed E-state index contributed by atoms with van der Waals surface area (Å²) in [5.41, 5.74) is 9.12. The average molecular weight is 217 g/mol. The van der Waals surface area contributed by atoms with E-state index in [1.165, 1.54) is 0 Å². The highest BCUT2D eigenvalue weighted by atomic mass is 16.7. The number of rotatable bonds is 1. The van der Waals surface area contributed by atoms with Crippen molar-refractivity contribution < 1.29 is 9.47 Å². The van der Waals surface area contributed by atoms with Crippen molar-refractivity contribution in [2.45, 2.75) is 6.92 Å². The number of ether oxygens (including phenoxy) is 2. The largest absolute Gasteiger partial charge is 0.454 e. The first-order valence-electron chi connectivity index (χ1n) is 4.96. The number of hydrogen-bond acceptors (Lipinski definition) is 4. The second-order valence-corrected chi connectivity index (χ2v) is 3.68. The van der Waals surface area contributed by atoms with Crippen LogP contribution in [0.15, 0.2) is 18.2 Å². The molecule has 82 valence electrons. The van der Waals surface area contributed by atoms with Crippen LogP contribution in [0.2, 0.25) is 0 Å². The number of aryl methyl sites for hydroxylation is 1. The van der Waals surface area contributed by atoms with Crippen molar-refractivity contribution in [1.29, 1.82) is 0 Å². The third kappa shape index (κ3) is 1.21. The number of benzene rings is 1. The topological polar surface area (TPSA) is 73.2 Å². The lowest BCUT2D eigenvalue weighted by atomic mass is 10.1. The second kappa shape index (κ2) is 3.16. The van der Waals surface area contributed by atoms with E-state index in [-0.39, 0.29) is 6.79 Å². The molecule has 0 amide bonds. The molecule has 1 aliphatic heterocycles. The normalized spacial score (nSPS) is 13.1. The van der Waals surface area contributed by atoms with Crippen molar-refractivity contribution in [2.75, 3.05) is 12.5 Å². The van der Waals surface area contributed by atoms with Gasteiger partial charge in [0.25, 0.3) is 0 Å². The highest BCUT2D eigenvalue weighted by Crippen LogP contribution is 2.37. The molecular formula is C11H11N3O2. The van der Waals surface area contributed by atoms with Gasteiger partial charge in [0.1, 0.15) is 5.69 Å². The fourth-order valence-electron chi connectivity index (χ4n) is 1.70. The van der Waals surface area contributed by atoms with Gasteiger partial charge in [-0.25, -0.2) is 0 Å². The lowest BCUT2D eigenvalue weighted by Crippen LogP contribution is -1.92. The third-order valence-corrected chi connectivity index (χ3v) is 2.64. The van der Waals surface area contributed by atoms with E-state index < -0.39 is 0 Å². The van der Waals surface area contributed by atoms with Gasteiger partial charge in [0.05, 0.1) is 11.4 Å². The Morgan fingerprint density at radius 2 is 2.12 bits per heavy atom. The molecule has 0 saturated heterocycles. The van der Waals surface area contributed by atoms with E-state index >= 15 is 0 Å². The maximum Gasteiger partial charge on any atom is 0.231 e. The third-order valence-electron chi connectivity index (χ3n) is 2.64. The molecule has 0 fully saturated rings. The molecule has 2 heterocycles. The molecule has 2 aromatic rings. The molecule has 3 rings (SSSR count). The number of nitrogen functional groups attached to an aromatic ring is 1. The van der Waals surface area contributed by atoms with Crippen molar-refractivity contribution in [3.8, 4) is 22.8 Å². The predicted octanol–water partition coefficient (Wildman–Crippen LogP) is 1.70. The highest BCUT2D eigenvalue weighted by molar-refractivity contribution is 5.75. The highest BCUT2D eigenvalue weighted by Gasteiger charge is 2.16. The lowest BCUT2D eigenvalue weighted by Gasteiger charge is -2.00. The van der Waals surface area contributed by atoms with Crippen LogP contribution in [-0.2, 0) is 0 Å². The first kappa shape index (κ1) is 9.08. The molecule has 0 saturated carbocycles. The minimum Gasteiger partial charge on any atom is -0.454 e. The maximum absolute atomic E-state index is 5.91. The molecule has 1 aliphatic rings. The van der Waals surface area contributed by atoms with Crippen molar-refractivity contribution in [3.63, 3.8) is 0 Å². The Kier molecular flexibility index (Phi) is 1.80. The summed E-state index contributed by atoms with van der Waals surface area (Å²) < 4.78 is 10.5. The van der Waals surface area contributed by atoms with E-state index in [0.29, 0.717) is 5.69 Å². The molecule has 0 aliphatic carbocycles. The first-order chi connectivity index (χ1) is 7.75. The molecule has 5 nitrogen and oxygen atoms in total. The van der Waals surface area contributed by atoms with E-state index in [4.69, 9.17) is 15.2 Å². The molecule has 0 bridgehead atoms. The number of aromatic nitrogens is 2. The molecule has 3 N–H and O–H groups in total. The standard InChI is InChI=1S/C11H11N3O2/c1-6-10(12)11(14-13-6)7-2-3-8-9(4-7)16-5-15-8/h2-4H,5,12H2,1H3,(H,13,14). The summed E-state index contributed by atoms with van der Waals surface area (Å²) in [6.45, 7) is 2.16. The van der Waals surface area contributed by atoms with Gasteiger partial charge in [-0.05, 0) is 25.1 Å². The zero-order valence-corrected chi connectivity index (χ0v) is 8.78. The number of nitrogens with one attached hydrogen (secondary N) is 1. The van der Waals surface area contributed by atoms with Gasteiger partial charge in [0.15, 0.2) is 11.5 Å². The van der Waals surface area contributed by atoms with Gasteiger partial charge in [-0.3, -0.25) is 5.10 Å². The summed E-state index contributed by atoms with van der Waals surface area (Å²) in [4.78, 5) is 0. The maximum atomic E-state index is 5.91. The minimum atomic E-state index is 0.272. The fraction of sp³-hybridized carbons (Fsp3) is 0.182. The molecule has 1 aromatic heterocycles. The number of hydrogen-bond donors (Lipinski definition) is 2. The number of fused-ring (bicyclic) bond motifs is 1. The molecule has 5 heteroatoms. The van der Waals surface area contributed by atoms with Crippen LogP contribution < -0.4 is 15.2 Å². The summed E-state index contributed by atoms with van der Waals surface area (Å²) in [6.07, 6.45) is 0. The Morgan fingerprint density at radius 3 is 2.88 bits per heavy atom. The Morgan fingerprint density at radius 1 is 1.31 bits per heavy atom. The zero-order valence-electron chi connectivity index (χ0n) is 8.78. The van der Waals surface area contributed by atoms with Gasteiger partial charge in [0, 0.05) is 5.56 Å². The van der Waals surface area contributed by atoms with Gasteiger partial charge >= 0.3 is 0 Å². The number of nitrogens with two attached hydrogens (primary N) is 1. The number of aromatic amines is 1. The fourth-order valence-corrected chi connectivity index (χ4v) is 1.70. The summed E-state index contributed by atoms with van der Waals surface area (Å²) in [5.74, 6) is 1.49. The van der Waals surface area contributed by atoms with Crippen molar-refractivity contribution in [2.24, 2.45) is 0 Å². The van der Waals surface area contributed by atoms with Gasteiger partial charge in [-0.15, -0.1) is 0 Å². The Bertz CT molecular complexity index is 548. The molecule has 0 unspecified atom stereocenters. The van der Waals surface area contributed by atoms with Gasteiger partial charge < -0.3 is 15.2 Å². The number of nitrogens with zero attached hydrogens (tertiary/aromatic N) is 1. The van der Waals surface area contributed by atoms with Crippen LogP contribution in [0.3, 0.4) is 0 Å². The number of H-pyrrole nitrogens is 1. The second-order valence-electron chi connectivity index (χ2n) is 3.68. The summed E-state index contributed by atoms with van der Waals surface area (Å²) in [6, 6.07) is 5.66. The van der Waals surface area contributed by atoms with Crippen molar-refractivity contribution in [1.82, 2.24) is 10.2 Å². The Hall–Kier alpha value is -2.17. The van der Waals surface area contributed by atoms with E-state index in [9.17, 15) is 0 Å². The summed E-state index contributed by atoms with van der Waals surface area (Å²) >= 11 is 0. The Labute approximate surface area is 92.2 Å². The quantitative estimate of drug-likeness (QED) is 0.762. The monoisotopic (exact) mass is 217 g/mol. The van der Waals surface area contributed by atoms with Crippen LogP contribution in [0.4, 0.5) is 5.69 Å². The smallest absolute Gasteiger partial charge is 0.231 e.